The highest BCUT2D eigenvalue weighted by Gasteiger charge is 2.30. The minimum Gasteiger partial charge on any atom is -0.311 e. The maximum absolute atomic E-state index is 11.8. The summed E-state index contributed by atoms with van der Waals surface area (Å²) in [5.41, 5.74) is 3.08. The molecule has 16 heavy (non-hydrogen) atoms. The number of aryl methyl sites for hydroxylation is 2. The van der Waals surface area contributed by atoms with Crippen LogP contribution < -0.4 is 4.90 Å². The molecular weight excluding hydrogens is 242 g/mol. The molecule has 1 aliphatic rings. The normalized spacial score (nSPS) is 20.6. The van der Waals surface area contributed by atoms with Crippen molar-refractivity contribution in [2.75, 3.05) is 11.4 Å². The summed E-state index contributed by atoms with van der Waals surface area (Å²) in [5.74, 6) is 0.147. The lowest BCUT2D eigenvalue weighted by molar-refractivity contribution is -0.117. The zero-order valence-corrected chi connectivity index (χ0v) is 11.0. The zero-order chi connectivity index (χ0) is 11.9. The van der Waals surface area contributed by atoms with Crippen molar-refractivity contribution in [1.29, 1.82) is 0 Å². The Morgan fingerprint density at radius 3 is 2.38 bits per heavy atom. The lowest BCUT2D eigenvalue weighted by atomic mass is 10.1. The molecule has 1 aromatic rings. The van der Waals surface area contributed by atoms with Crippen molar-refractivity contribution in [2.45, 2.75) is 25.5 Å². The van der Waals surface area contributed by atoms with E-state index in [0.717, 1.165) is 16.8 Å². The Labute approximate surface area is 106 Å². The number of halogens is 1. The van der Waals surface area contributed by atoms with E-state index < -0.39 is 0 Å². The minimum absolute atomic E-state index is 0.141. The van der Waals surface area contributed by atoms with Crippen LogP contribution in [0.15, 0.2) is 12.1 Å². The van der Waals surface area contributed by atoms with Crippen LogP contribution in [0.3, 0.4) is 0 Å². The van der Waals surface area contributed by atoms with Crippen LogP contribution in [-0.4, -0.2) is 17.7 Å². The molecule has 1 unspecified atom stereocenters. The highest BCUT2D eigenvalue weighted by molar-refractivity contribution is 7.81. The van der Waals surface area contributed by atoms with E-state index in [1.54, 1.807) is 0 Å². The van der Waals surface area contributed by atoms with Gasteiger partial charge in [-0.3, -0.25) is 4.79 Å². The Morgan fingerprint density at radius 2 is 1.94 bits per heavy atom. The van der Waals surface area contributed by atoms with Crippen LogP contribution in [-0.2, 0) is 4.79 Å². The van der Waals surface area contributed by atoms with E-state index in [0.29, 0.717) is 18.0 Å². The van der Waals surface area contributed by atoms with Crippen molar-refractivity contribution in [3.05, 3.63) is 28.3 Å². The zero-order valence-electron chi connectivity index (χ0n) is 9.33. The van der Waals surface area contributed by atoms with Gasteiger partial charge in [0, 0.05) is 28.9 Å². The molecule has 1 heterocycles. The molecule has 0 N–H and O–H groups in total. The average Bonchev–Trinajstić information content (AvgIpc) is 2.43. The van der Waals surface area contributed by atoms with Crippen molar-refractivity contribution in [2.24, 2.45) is 0 Å². The highest BCUT2D eigenvalue weighted by Crippen LogP contribution is 2.32. The van der Waals surface area contributed by atoms with Gasteiger partial charge in [-0.1, -0.05) is 11.6 Å². The first-order valence-corrected chi connectivity index (χ1v) is 6.13. The maximum Gasteiger partial charge on any atom is 0.228 e. The van der Waals surface area contributed by atoms with Crippen LogP contribution in [0.2, 0.25) is 5.02 Å². The van der Waals surface area contributed by atoms with E-state index in [1.807, 2.05) is 30.9 Å². The summed E-state index contributed by atoms with van der Waals surface area (Å²) in [4.78, 5) is 13.6. The Bertz CT molecular complexity index is 424. The fourth-order valence-corrected chi connectivity index (χ4v) is 2.88. The third-order valence-corrected chi connectivity index (χ3v) is 3.39. The van der Waals surface area contributed by atoms with Crippen molar-refractivity contribution in [3.8, 4) is 0 Å². The van der Waals surface area contributed by atoms with Crippen LogP contribution in [0, 0.1) is 13.8 Å². The fourth-order valence-electron chi connectivity index (χ4n) is 2.23. The van der Waals surface area contributed by atoms with Gasteiger partial charge in [0.15, 0.2) is 0 Å². The van der Waals surface area contributed by atoms with Gasteiger partial charge in [-0.2, -0.15) is 12.6 Å². The van der Waals surface area contributed by atoms with Gasteiger partial charge in [-0.05, 0) is 37.1 Å². The van der Waals surface area contributed by atoms with Crippen LogP contribution >= 0.6 is 24.2 Å². The Hall–Kier alpha value is -0.670. The molecule has 1 saturated heterocycles. The van der Waals surface area contributed by atoms with Crippen molar-refractivity contribution in [1.82, 2.24) is 0 Å². The molecule has 4 heteroatoms. The maximum atomic E-state index is 11.8. The number of anilines is 1. The van der Waals surface area contributed by atoms with E-state index in [-0.39, 0.29) is 11.2 Å². The summed E-state index contributed by atoms with van der Waals surface area (Å²) in [5, 5.41) is 0.856. The van der Waals surface area contributed by atoms with Gasteiger partial charge in [0.05, 0.1) is 0 Å². The molecule has 1 atom stereocenters. The molecule has 86 valence electrons. The number of carbonyl (C=O) groups is 1. The van der Waals surface area contributed by atoms with Crippen LogP contribution in [0.25, 0.3) is 0 Å². The monoisotopic (exact) mass is 255 g/mol. The first kappa shape index (κ1) is 11.8. The minimum atomic E-state index is 0.141. The summed E-state index contributed by atoms with van der Waals surface area (Å²) in [7, 11) is 0. The van der Waals surface area contributed by atoms with Gasteiger partial charge in [0.2, 0.25) is 5.91 Å². The lowest BCUT2D eigenvalue weighted by Crippen LogP contribution is -2.26. The van der Waals surface area contributed by atoms with Gasteiger partial charge >= 0.3 is 0 Å². The average molecular weight is 256 g/mol. The molecule has 2 rings (SSSR count). The van der Waals surface area contributed by atoms with Crippen molar-refractivity contribution in [3.63, 3.8) is 0 Å². The molecule has 0 aliphatic carbocycles. The summed E-state index contributed by atoms with van der Waals surface area (Å²) in [6.45, 7) is 4.64. The molecule has 1 aliphatic heterocycles. The summed E-state index contributed by atoms with van der Waals surface area (Å²) in [6.07, 6.45) is 0.518. The van der Waals surface area contributed by atoms with Crippen molar-refractivity contribution >= 4 is 35.8 Å². The Kier molecular flexibility index (Phi) is 3.17. The molecule has 0 spiro atoms. The summed E-state index contributed by atoms with van der Waals surface area (Å²) >= 11 is 10.3. The van der Waals surface area contributed by atoms with Gasteiger partial charge < -0.3 is 4.90 Å². The topological polar surface area (TPSA) is 20.3 Å². The molecular formula is C12H14ClNOS. The first-order chi connectivity index (χ1) is 7.49. The number of thiol groups is 1. The number of benzene rings is 1. The van der Waals surface area contributed by atoms with Crippen LogP contribution in [0.4, 0.5) is 5.69 Å². The van der Waals surface area contributed by atoms with Gasteiger partial charge in [0.25, 0.3) is 0 Å². The molecule has 1 amide bonds. The third-order valence-electron chi connectivity index (χ3n) is 2.83. The van der Waals surface area contributed by atoms with E-state index >= 15 is 0 Å². The molecule has 1 aromatic carbocycles. The van der Waals surface area contributed by atoms with Crippen molar-refractivity contribution < 1.29 is 4.79 Å². The quantitative estimate of drug-likeness (QED) is 0.765. The van der Waals surface area contributed by atoms with E-state index in [9.17, 15) is 4.79 Å². The molecule has 1 fully saturated rings. The van der Waals surface area contributed by atoms with Gasteiger partial charge in [-0.15, -0.1) is 0 Å². The Morgan fingerprint density at radius 1 is 1.38 bits per heavy atom. The van der Waals surface area contributed by atoms with E-state index in [4.69, 9.17) is 11.6 Å². The van der Waals surface area contributed by atoms with Gasteiger partial charge in [-0.25, -0.2) is 0 Å². The van der Waals surface area contributed by atoms with E-state index in [1.165, 1.54) is 0 Å². The smallest absolute Gasteiger partial charge is 0.228 e. The number of rotatable bonds is 1. The lowest BCUT2D eigenvalue weighted by Gasteiger charge is -2.21. The standard InChI is InChI=1S/C12H14ClNOS/c1-7-3-9(13)4-8(2)12(7)14-6-10(16)5-11(14)15/h3-4,10,16H,5-6H2,1-2H3. The predicted octanol–water partition coefficient (Wildman–Crippen LogP) is 2.99. The molecule has 0 aromatic heterocycles. The second kappa shape index (κ2) is 4.30. The molecule has 2 nitrogen and oxygen atoms in total. The number of hydrogen-bond acceptors (Lipinski definition) is 2. The third kappa shape index (κ3) is 2.06. The molecule has 0 saturated carbocycles. The van der Waals surface area contributed by atoms with Gasteiger partial charge in [0.1, 0.15) is 0 Å². The summed E-state index contributed by atoms with van der Waals surface area (Å²) < 4.78 is 0. The molecule has 0 bridgehead atoms. The number of carbonyl (C=O) groups excluding carboxylic acids is 1. The second-order valence-electron chi connectivity index (χ2n) is 4.25. The predicted molar refractivity (Wildman–Crippen MR) is 70.7 cm³/mol. The largest absolute Gasteiger partial charge is 0.311 e. The summed E-state index contributed by atoms with van der Waals surface area (Å²) in [6, 6.07) is 3.78. The number of amides is 1. The number of hydrogen-bond donors (Lipinski definition) is 1. The first-order valence-electron chi connectivity index (χ1n) is 5.24. The second-order valence-corrected chi connectivity index (χ2v) is 5.42. The highest BCUT2D eigenvalue weighted by atomic mass is 35.5. The Balaban J connectivity index is 2.44. The van der Waals surface area contributed by atoms with Crippen LogP contribution in [0.5, 0.6) is 0 Å². The SMILES string of the molecule is Cc1cc(Cl)cc(C)c1N1CC(S)CC1=O. The fraction of sp³-hybridized carbons (Fsp3) is 0.417. The molecule has 0 radical (unpaired) electrons. The van der Waals surface area contributed by atoms with E-state index in [2.05, 4.69) is 12.6 Å². The van der Waals surface area contributed by atoms with Crippen LogP contribution in [0.1, 0.15) is 17.5 Å². The number of nitrogens with zero attached hydrogens (tertiary/aromatic N) is 1.